The smallest absolute Gasteiger partial charge is 0.252 e. The van der Waals surface area contributed by atoms with Gasteiger partial charge in [-0.15, -0.1) is 11.3 Å². The van der Waals surface area contributed by atoms with Crippen LogP contribution in [0.3, 0.4) is 0 Å². The van der Waals surface area contributed by atoms with E-state index in [0.29, 0.717) is 18.5 Å². The molecule has 3 rings (SSSR count). The standard InChI is InChI=1S/C18H28N6OS/c1-12-16(26-13(2)19-12)11-24-7-6-15(10-24)23(5)9-14-8-17(25)21-18(20-14)22(3)4/h8,15H,6-7,9-11H2,1-5H3,(H,20,21,25). The number of nitrogens with zero attached hydrogens (tertiary/aromatic N) is 5. The molecule has 0 saturated carbocycles. The Morgan fingerprint density at radius 2 is 2.08 bits per heavy atom. The van der Waals surface area contributed by atoms with Gasteiger partial charge < -0.3 is 4.90 Å². The maximum absolute atomic E-state index is 11.9. The average Bonchev–Trinajstić information content (AvgIpc) is 3.14. The second-order valence-corrected chi connectivity index (χ2v) is 8.58. The molecule has 1 aliphatic heterocycles. The fraction of sp³-hybridized carbons (Fsp3) is 0.611. The molecule has 26 heavy (non-hydrogen) atoms. The van der Waals surface area contributed by atoms with Crippen molar-refractivity contribution in [2.45, 2.75) is 39.4 Å². The molecule has 0 amide bonds. The summed E-state index contributed by atoms with van der Waals surface area (Å²) in [6, 6.07) is 2.08. The summed E-state index contributed by atoms with van der Waals surface area (Å²) in [6.45, 7) is 7.96. The van der Waals surface area contributed by atoms with Gasteiger partial charge in [0.15, 0.2) is 0 Å². The Morgan fingerprint density at radius 3 is 2.73 bits per heavy atom. The minimum atomic E-state index is -0.101. The average molecular weight is 377 g/mol. The summed E-state index contributed by atoms with van der Waals surface area (Å²) < 4.78 is 0. The first kappa shape index (κ1) is 19.0. The van der Waals surface area contributed by atoms with Gasteiger partial charge in [0.2, 0.25) is 5.95 Å². The number of aromatic amines is 1. The number of likely N-dealkylation sites (tertiary alicyclic amines) is 1. The van der Waals surface area contributed by atoms with Gasteiger partial charge in [-0.3, -0.25) is 19.6 Å². The summed E-state index contributed by atoms with van der Waals surface area (Å²) in [7, 11) is 5.88. The van der Waals surface area contributed by atoms with Crippen LogP contribution in [0.5, 0.6) is 0 Å². The number of rotatable bonds is 6. The van der Waals surface area contributed by atoms with Crippen molar-refractivity contribution < 1.29 is 0 Å². The van der Waals surface area contributed by atoms with Crippen molar-refractivity contribution >= 4 is 17.3 Å². The third kappa shape index (κ3) is 4.49. The van der Waals surface area contributed by atoms with Crippen LogP contribution in [0.2, 0.25) is 0 Å². The molecule has 3 heterocycles. The van der Waals surface area contributed by atoms with E-state index in [2.05, 4.69) is 45.6 Å². The van der Waals surface area contributed by atoms with E-state index < -0.39 is 0 Å². The van der Waals surface area contributed by atoms with Crippen LogP contribution in [0.1, 0.15) is 27.7 Å². The summed E-state index contributed by atoms with van der Waals surface area (Å²) in [6.07, 6.45) is 1.14. The van der Waals surface area contributed by atoms with Crippen molar-refractivity contribution in [1.82, 2.24) is 24.8 Å². The molecular weight excluding hydrogens is 348 g/mol. The predicted molar refractivity (Wildman–Crippen MR) is 106 cm³/mol. The van der Waals surface area contributed by atoms with Crippen molar-refractivity contribution in [3.63, 3.8) is 0 Å². The third-order valence-electron chi connectivity index (χ3n) is 4.85. The van der Waals surface area contributed by atoms with Gasteiger partial charge in [-0.05, 0) is 27.3 Å². The normalized spacial score (nSPS) is 18.0. The molecule has 142 valence electrons. The van der Waals surface area contributed by atoms with Crippen molar-refractivity contribution in [1.29, 1.82) is 0 Å². The Morgan fingerprint density at radius 1 is 1.31 bits per heavy atom. The van der Waals surface area contributed by atoms with E-state index in [1.165, 1.54) is 4.88 Å². The molecule has 0 spiro atoms. The van der Waals surface area contributed by atoms with Gasteiger partial charge in [-0.1, -0.05) is 0 Å². The number of H-pyrrole nitrogens is 1. The molecule has 0 radical (unpaired) electrons. The van der Waals surface area contributed by atoms with Crippen molar-refractivity contribution in [3.8, 4) is 0 Å². The van der Waals surface area contributed by atoms with Crippen LogP contribution in [0.25, 0.3) is 0 Å². The maximum atomic E-state index is 11.9. The van der Waals surface area contributed by atoms with E-state index in [9.17, 15) is 4.79 Å². The molecule has 1 atom stereocenters. The summed E-state index contributed by atoms with van der Waals surface area (Å²) >= 11 is 1.80. The molecule has 8 heteroatoms. The first-order valence-corrected chi connectivity index (χ1v) is 9.76. The summed E-state index contributed by atoms with van der Waals surface area (Å²) in [4.78, 5) is 31.7. The van der Waals surface area contributed by atoms with Gasteiger partial charge in [-0.25, -0.2) is 9.97 Å². The van der Waals surface area contributed by atoms with Crippen LogP contribution >= 0.6 is 11.3 Å². The van der Waals surface area contributed by atoms with E-state index in [-0.39, 0.29) is 5.56 Å². The van der Waals surface area contributed by atoms with E-state index in [1.54, 1.807) is 17.4 Å². The van der Waals surface area contributed by atoms with Crippen LogP contribution in [0.15, 0.2) is 10.9 Å². The van der Waals surface area contributed by atoms with E-state index in [1.807, 2.05) is 19.0 Å². The highest BCUT2D eigenvalue weighted by Crippen LogP contribution is 2.23. The quantitative estimate of drug-likeness (QED) is 0.826. The summed E-state index contributed by atoms with van der Waals surface area (Å²) in [5, 5.41) is 1.14. The maximum Gasteiger partial charge on any atom is 0.252 e. The van der Waals surface area contributed by atoms with Gasteiger partial charge >= 0.3 is 0 Å². The molecule has 1 saturated heterocycles. The molecule has 0 aromatic carbocycles. The van der Waals surface area contributed by atoms with Gasteiger partial charge in [0.05, 0.1) is 16.4 Å². The number of nitrogens with one attached hydrogen (secondary N) is 1. The van der Waals surface area contributed by atoms with Crippen molar-refractivity contribution in [3.05, 3.63) is 37.7 Å². The van der Waals surface area contributed by atoms with Crippen LogP contribution < -0.4 is 10.5 Å². The van der Waals surface area contributed by atoms with Gasteiger partial charge in [0.25, 0.3) is 5.56 Å². The fourth-order valence-electron chi connectivity index (χ4n) is 3.41. The molecule has 1 fully saturated rings. The molecular formula is C18H28N6OS. The lowest BCUT2D eigenvalue weighted by Gasteiger charge is -2.24. The Labute approximate surface area is 158 Å². The van der Waals surface area contributed by atoms with E-state index in [0.717, 1.165) is 42.5 Å². The van der Waals surface area contributed by atoms with Crippen molar-refractivity contribution in [2.75, 3.05) is 39.1 Å². The van der Waals surface area contributed by atoms with E-state index >= 15 is 0 Å². The third-order valence-corrected chi connectivity index (χ3v) is 5.91. The minimum absolute atomic E-state index is 0.101. The second-order valence-electron chi connectivity index (χ2n) is 7.29. The monoisotopic (exact) mass is 376 g/mol. The van der Waals surface area contributed by atoms with Gasteiger partial charge in [-0.2, -0.15) is 0 Å². The molecule has 1 unspecified atom stereocenters. The minimum Gasteiger partial charge on any atom is -0.348 e. The predicted octanol–water partition coefficient (Wildman–Crippen LogP) is 1.62. The van der Waals surface area contributed by atoms with Gasteiger partial charge in [0.1, 0.15) is 0 Å². The highest BCUT2D eigenvalue weighted by Gasteiger charge is 2.27. The first-order valence-electron chi connectivity index (χ1n) is 8.95. The second kappa shape index (κ2) is 7.85. The van der Waals surface area contributed by atoms with Crippen LogP contribution in [0, 0.1) is 13.8 Å². The summed E-state index contributed by atoms with van der Waals surface area (Å²) in [5.74, 6) is 0.602. The highest BCUT2D eigenvalue weighted by atomic mass is 32.1. The fourth-order valence-corrected chi connectivity index (χ4v) is 4.39. The zero-order valence-corrected chi connectivity index (χ0v) is 17.1. The summed E-state index contributed by atoms with van der Waals surface area (Å²) in [5.41, 5.74) is 1.87. The van der Waals surface area contributed by atoms with Crippen molar-refractivity contribution in [2.24, 2.45) is 0 Å². The largest absolute Gasteiger partial charge is 0.348 e. The topological polar surface area (TPSA) is 68.4 Å². The lowest BCUT2D eigenvalue weighted by Crippen LogP contribution is -2.34. The van der Waals surface area contributed by atoms with Crippen LogP contribution in [-0.4, -0.2) is 65.0 Å². The SMILES string of the molecule is Cc1nc(C)c(CN2CCC(N(C)Cc3cc(=O)[nH]c(N(C)C)n3)C2)s1. The van der Waals surface area contributed by atoms with Gasteiger partial charge in [0, 0.05) is 57.3 Å². The molecule has 7 nitrogen and oxygen atoms in total. The molecule has 2 aromatic heterocycles. The molecule has 0 bridgehead atoms. The van der Waals surface area contributed by atoms with Crippen LogP contribution in [-0.2, 0) is 13.1 Å². The number of hydrogen-bond acceptors (Lipinski definition) is 7. The number of thiazole rings is 1. The Bertz CT molecular complexity index is 814. The van der Waals surface area contributed by atoms with E-state index in [4.69, 9.17) is 0 Å². The zero-order valence-electron chi connectivity index (χ0n) is 16.2. The molecule has 1 N–H and O–H groups in total. The molecule has 2 aromatic rings. The Balaban J connectivity index is 1.60. The number of aromatic nitrogens is 3. The Kier molecular flexibility index (Phi) is 5.74. The number of hydrogen-bond donors (Lipinski definition) is 1. The highest BCUT2D eigenvalue weighted by molar-refractivity contribution is 7.11. The number of anilines is 1. The number of aryl methyl sites for hydroxylation is 2. The Hall–Kier alpha value is -1.77. The molecule has 0 aliphatic carbocycles. The van der Waals surface area contributed by atoms with Crippen LogP contribution in [0.4, 0.5) is 5.95 Å². The lowest BCUT2D eigenvalue weighted by atomic mass is 10.2. The lowest BCUT2D eigenvalue weighted by molar-refractivity contribution is 0.221. The number of likely N-dealkylation sites (N-methyl/N-ethyl adjacent to an activating group) is 1. The zero-order chi connectivity index (χ0) is 18.8. The molecule has 1 aliphatic rings. The first-order chi connectivity index (χ1) is 12.3.